The number of rotatable bonds is 7. The van der Waals surface area contributed by atoms with E-state index >= 15 is 0 Å². The minimum absolute atomic E-state index is 0.231. The van der Waals surface area contributed by atoms with Crippen LogP contribution in [0.3, 0.4) is 0 Å². The third kappa shape index (κ3) is 7.21. The van der Waals surface area contributed by atoms with Crippen molar-refractivity contribution in [1.29, 1.82) is 0 Å². The molecule has 1 aliphatic heterocycles. The highest BCUT2D eigenvalue weighted by atomic mass is 32.5. The molecule has 0 aromatic carbocycles. The van der Waals surface area contributed by atoms with E-state index in [0.717, 1.165) is 0 Å². The van der Waals surface area contributed by atoms with Crippen molar-refractivity contribution in [3.05, 3.63) is 0 Å². The molecule has 0 aromatic heterocycles. The number of phosphoric ester groups is 1. The van der Waals surface area contributed by atoms with Gasteiger partial charge < -0.3 is 34.5 Å². The first-order valence-electron chi connectivity index (χ1n) is 5.07. The molecule has 1 saturated heterocycles. The van der Waals surface area contributed by atoms with E-state index in [9.17, 15) is 19.1 Å². The van der Waals surface area contributed by atoms with Gasteiger partial charge in [0, 0.05) is 0 Å². The topological polar surface area (TPSA) is 192 Å². The average molecular weight is 390 g/mol. The zero-order valence-electron chi connectivity index (χ0n) is 10.0. The first-order valence-corrected chi connectivity index (χ1v) is 10.7. The Morgan fingerprint density at radius 1 is 1.10 bits per heavy atom. The second-order valence-electron chi connectivity index (χ2n) is 3.82. The summed E-state index contributed by atoms with van der Waals surface area (Å²) in [6.45, 7) is -5.60. The summed E-state index contributed by atoms with van der Waals surface area (Å²) in [4.78, 5) is 35.5. The molecule has 5 atom stereocenters. The summed E-state index contributed by atoms with van der Waals surface area (Å²) in [6.07, 6.45) is -3.76. The lowest BCUT2D eigenvalue weighted by Crippen LogP contribution is -2.32. The molecule has 0 aliphatic carbocycles. The van der Waals surface area contributed by atoms with Crippen LogP contribution in [-0.2, 0) is 38.8 Å². The maximum Gasteiger partial charge on any atom is 0.488 e. The highest BCUT2D eigenvalue weighted by Crippen LogP contribution is 2.66. The molecule has 1 rings (SSSR count). The van der Waals surface area contributed by atoms with Gasteiger partial charge in [-0.25, -0.2) is 13.4 Å². The molecule has 0 amide bonds. The second kappa shape index (κ2) is 7.08. The molecule has 12 nitrogen and oxygen atoms in total. The van der Waals surface area contributed by atoms with Crippen molar-refractivity contribution in [3.8, 4) is 0 Å². The molecular weight excluding hydrogens is 377 g/mol. The lowest BCUT2D eigenvalue weighted by atomic mass is 10.2. The van der Waals surface area contributed by atoms with Gasteiger partial charge in [-0.15, -0.1) is 0 Å². The van der Waals surface area contributed by atoms with Gasteiger partial charge in [0.05, 0.1) is 13.2 Å². The van der Waals surface area contributed by atoms with Crippen LogP contribution >= 0.6 is 22.4 Å². The molecule has 1 fully saturated rings. The summed E-state index contributed by atoms with van der Waals surface area (Å²) in [7, 11) is -10.5. The van der Waals surface area contributed by atoms with Crippen LogP contribution < -0.4 is 0 Å². The number of aliphatic hydroxyl groups excluding tert-OH is 2. The minimum Gasteiger partial charge on any atom is -0.388 e. The smallest absolute Gasteiger partial charge is 0.388 e. The number of hydrogen-bond acceptors (Lipinski definition) is 9. The van der Waals surface area contributed by atoms with E-state index in [1.807, 2.05) is 0 Å². The molecule has 2 unspecified atom stereocenters. The quantitative estimate of drug-likeness (QED) is 0.277. The van der Waals surface area contributed by atoms with Crippen LogP contribution in [0.4, 0.5) is 0 Å². The van der Waals surface area contributed by atoms with Gasteiger partial charge in [0.15, 0.2) is 0 Å². The number of hydrogen-bond donors (Lipinski definition) is 6. The molecule has 6 N–H and O–H groups in total. The largest absolute Gasteiger partial charge is 0.488 e. The molecule has 16 heteroatoms. The monoisotopic (exact) mass is 390 g/mol. The Morgan fingerprint density at radius 3 is 2.10 bits per heavy atom. The first kappa shape index (κ1) is 19.8. The summed E-state index contributed by atoms with van der Waals surface area (Å²) in [5.41, 5.74) is 0. The maximum atomic E-state index is 11.4. The van der Waals surface area contributed by atoms with Gasteiger partial charge in [0.25, 0.3) is 0 Å². The van der Waals surface area contributed by atoms with Crippen molar-refractivity contribution < 1.29 is 56.8 Å². The minimum atomic E-state index is -5.37. The molecule has 1 aliphatic rings. The lowest BCUT2D eigenvalue weighted by Gasteiger charge is -2.19. The van der Waals surface area contributed by atoms with Gasteiger partial charge in [0.1, 0.15) is 18.3 Å². The van der Waals surface area contributed by atoms with E-state index in [2.05, 4.69) is 25.0 Å². The van der Waals surface area contributed by atoms with Crippen LogP contribution in [0.15, 0.2) is 0 Å². The Morgan fingerprint density at radius 2 is 1.67 bits per heavy atom. The van der Waals surface area contributed by atoms with E-state index in [0.29, 0.717) is 0 Å². The van der Waals surface area contributed by atoms with E-state index in [1.165, 1.54) is 0 Å². The molecule has 21 heavy (non-hydrogen) atoms. The van der Waals surface area contributed by atoms with Crippen LogP contribution in [-0.4, -0.2) is 61.3 Å². The van der Waals surface area contributed by atoms with Crippen molar-refractivity contribution >= 4 is 34.2 Å². The van der Waals surface area contributed by atoms with Crippen LogP contribution in [0.5, 0.6) is 0 Å². The lowest BCUT2D eigenvalue weighted by molar-refractivity contribution is -0.00589. The predicted octanol–water partition coefficient (Wildman–Crippen LogP) is -1.43. The average Bonchev–Trinajstić information content (AvgIpc) is 2.52. The fourth-order valence-electron chi connectivity index (χ4n) is 1.28. The van der Waals surface area contributed by atoms with Gasteiger partial charge in [-0.05, 0) is 11.8 Å². The third-order valence-electron chi connectivity index (χ3n) is 2.07. The normalized spacial score (nSPS) is 32.6. The summed E-state index contributed by atoms with van der Waals surface area (Å²) in [6, 6.07) is 0. The molecule has 1 heterocycles. The standard InChI is InChI=1S/C5H13O12P3S/c6-3-1-14-4(5(3)7)2-15-18(8,9)16-19(10,11)17-20(12,13)21/h3-7H,1-2H2,(H,8,9)(H,10,11)(H2,12,13,21)/t3-,4+,5-/m0/s1. The summed E-state index contributed by atoms with van der Waals surface area (Å²) >= 11 is 3.90. The van der Waals surface area contributed by atoms with E-state index in [1.54, 1.807) is 0 Å². The van der Waals surface area contributed by atoms with Crippen molar-refractivity contribution in [1.82, 2.24) is 0 Å². The van der Waals surface area contributed by atoms with Gasteiger partial charge in [-0.1, -0.05) is 0 Å². The maximum absolute atomic E-state index is 11.4. The zero-order valence-corrected chi connectivity index (χ0v) is 13.5. The highest BCUT2D eigenvalue weighted by molar-refractivity contribution is 8.08. The van der Waals surface area contributed by atoms with Gasteiger partial charge in [-0.3, -0.25) is 4.52 Å². The number of phosphoric acid groups is 2. The number of aliphatic hydroxyl groups is 2. The van der Waals surface area contributed by atoms with Crippen molar-refractivity contribution in [2.24, 2.45) is 0 Å². The Labute approximate surface area is 123 Å². The van der Waals surface area contributed by atoms with E-state index < -0.39 is 47.3 Å². The second-order valence-corrected chi connectivity index (χ2v) is 9.66. The molecule has 0 saturated carbocycles. The summed E-state index contributed by atoms with van der Waals surface area (Å²) < 4.78 is 39.1. The SMILES string of the molecule is O=P(O)(OC[C@H]1OC[C@H](O)[C@@H]1O)OP(=O)(O)OP(O)(O)=S. The fourth-order valence-corrected chi connectivity index (χ4v) is 5.07. The van der Waals surface area contributed by atoms with Crippen LogP contribution in [0.1, 0.15) is 0 Å². The molecule has 0 bridgehead atoms. The number of ether oxygens (including phenoxy) is 1. The van der Waals surface area contributed by atoms with Gasteiger partial charge in [-0.2, -0.15) is 4.31 Å². The summed E-state index contributed by atoms with van der Waals surface area (Å²) in [5.74, 6) is 0. The fraction of sp³-hybridized carbons (Fsp3) is 1.00. The Hall–Kier alpha value is 0.710. The van der Waals surface area contributed by atoms with E-state index in [-0.39, 0.29) is 6.61 Å². The highest BCUT2D eigenvalue weighted by Gasteiger charge is 2.41. The Kier molecular flexibility index (Phi) is 6.66. The Bertz CT molecular complexity index is 503. The van der Waals surface area contributed by atoms with Crippen molar-refractivity contribution in [3.63, 3.8) is 0 Å². The zero-order chi connectivity index (χ0) is 16.5. The summed E-state index contributed by atoms with van der Waals surface area (Å²) in [5, 5.41) is 18.5. The molecule has 126 valence electrons. The van der Waals surface area contributed by atoms with E-state index in [4.69, 9.17) is 24.5 Å². The van der Waals surface area contributed by atoms with Crippen molar-refractivity contribution in [2.75, 3.05) is 13.2 Å². The predicted molar refractivity (Wildman–Crippen MR) is 68.2 cm³/mol. The molecular formula is C5H13O12P3S. The Balaban J connectivity index is 2.56. The molecule has 0 aromatic rings. The molecule has 0 radical (unpaired) electrons. The van der Waals surface area contributed by atoms with Gasteiger partial charge in [0.2, 0.25) is 0 Å². The first-order chi connectivity index (χ1) is 9.31. The van der Waals surface area contributed by atoms with Crippen LogP contribution in [0.25, 0.3) is 0 Å². The van der Waals surface area contributed by atoms with Crippen molar-refractivity contribution in [2.45, 2.75) is 18.3 Å². The molecule has 0 spiro atoms. The van der Waals surface area contributed by atoms with Crippen LogP contribution in [0, 0.1) is 0 Å². The van der Waals surface area contributed by atoms with Crippen LogP contribution in [0.2, 0.25) is 0 Å². The third-order valence-corrected chi connectivity index (χ3v) is 6.48. The van der Waals surface area contributed by atoms with Gasteiger partial charge >= 0.3 is 22.4 Å².